The maximum atomic E-state index is 13.4. The van der Waals surface area contributed by atoms with Gasteiger partial charge in [-0.15, -0.1) is 0 Å². The standard InChI is InChI=1S/C16H15BrFNO/c1-19-16(11-4-5-15(18)14(17)7-11)10-2-3-12-8-20-9-13(12)6-10/h2-7,16,19H,8-9H2,1H3. The van der Waals surface area contributed by atoms with Crippen LogP contribution >= 0.6 is 15.9 Å². The Morgan fingerprint density at radius 2 is 1.80 bits per heavy atom. The Morgan fingerprint density at radius 3 is 2.55 bits per heavy atom. The number of benzene rings is 2. The molecule has 0 aliphatic carbocycles. The van der Waals surface area contributed by atoms with Gasteiger partial charge in [0.05, 0.1) is 23.7 Å². The van der Waals surface area contributed by atoms with Crippen molar-refractivity contribution in [3.63, 3.8) is 0 Å². The summed E-state index contributed by atoms with van der Waals surface area (Å²) in [6.07, 6.45) is 0. The highest BCUT2D eigenvalue weighted by atomic mass is 79.9. The Morgan fingerprint density at radius 1 is 1.10 bits per heavy atom. The van der Waals surface area contributed by atoms with Crippen LogP contribution in [0, 0.1) is 5.82 Å². The molecule has 0 aromatic heterocycles. The largest absolute Gasteiger partial charge is 0.372 e. The first-order valence-electron chi connectivity index (χ1n) is 6.50. The minimum atomic E-state index is -0.244. The van der Waals surface area contributed by atoms with Crippen LogP contribution in [0.3, 0.4) is 0 Å². The second kappa shape index (κ2) is 5.64. The molecule has 0 bridgehead atoms. The molecule has 3 rings (SSSR count). The Labute approximate surface area is 126 Å². The molecule has 4 heteroatoms. The van der Waals surface area contributed by atoms with Gasteiger partial charge in [0, 0.05) is 0 Å². The molecule has 2 aromatic carbocycles. The quantitative estimate of drug-likeness (QED) is 0.917. The van der Waals surface area contributed by atoms with Gasteiger partial charge in [-0.3, -0.25) is 0 Å². The fraction of sp³-hybridized carbons (Fsp3) is 0.250. The van der Waals surface area contributed by atoms with Gasteiger partial charge in [-0.2, -0.15) is 0 Å². The Kier molecular flexibility index (Phi) is 3.87. The number of halogens is 2. The summed E-state index contributed by atoms with van der Waals surface area (Å²) in [6, 6.07) is 11.5. The van der Waals surface area contributed by atoms with Crippen LogP contribution in [-0.2, 0) is 18.0 Å². The Hall–Kier alpha value is -1.23. The zero-order valence-corrected chi connectivity index (χ0v) is 12.7. The molecule has 0 amide bonds. The van der Waals surface area contributed by atoms with Crippen molar-refractivity contribution in [1.82, 2.24) is 5.32 Å². The summed E-state index contributed by atoms with van der Waals surface area (Å²) in [5.41, 5.74) is 4.68. The minimum absolute atomic E-state index is 0.0396. The molecule has 0 spiro atoms. The van der Waals surface area contributed by atoms with E-state index in [9.17, 15) is 4.39 Å². The predicted molar refractivity (Wildman–Crippen MR) is 79.9 cm³/mol. The van der Waals surface area contributed by atoms with Crippen molar-refractivity contribution in [2.75, 3.05) is 7.05 Å². The molecule has 0 radical (unpaired) electrons. The number of nitrogens with one attached hydrogen (secondary N) is 1. The zero-order chi connectivity index (χ0) is 14.1. The maximum Gasteiger partial charge on any atom is 0.137 e. The number of rotatable bonds is 3. The summed E-state index contributed by atoms with van der Waals surface area (Å²) in [6.45, 7) is 1.37. The van der Waals surface area contributed by atoms with E-state index in [-0.39, 0.29) is 11.9 Å². The summed E-state index contributed by atoms with van der Waals surface area (Å²) in [7, 11) is 1.91. The third-order valence-corrected chi connectivity index (χ3v) is 4.25. The van der Waals surface area contributed by atoms with Crippen LogP contribution in [0.2, 0.25) is 0 Å². The van der Waals surface area contributed by atoms with Crippen LogP contribution in [0.4, 0.5) is 4.39 Å². The van der Waals surface area contributed by atoms with Crippen molar-refractivity contribution < 1.29 is 9.13 Å². The molecule has 0 saturated heterocycles. The van der Waals surface area contributed by atoms with E-state index in [2.05, 4.69) is 39.4 Å². The van der Waals surface area contributed by atoms with Crippen LogP contribution in [-0.4, -0.2) is 7.05 Å². The van der Waals surface area contributed by atoms with E-state index in [4.69, 9.17) is 4.74 Å². The summed E-state index contributed by atoms with van der Waals surface area (Å²) >= 11 is 3.24. The smallest absolute Gasteiger partial charge is 0.137 e. The van der Waals surface area contributed by atoms with Crippen molar-refractivity contribution in [2.45, 2.75) is 19.3 Å². The van der Waals surface area contributed by atoms with Gasteiger partial charge in [-0.05, 0) is 57.4 Å². The van der Waals surface area contributed by atoms with Crippen molar-refractivity contribution in [3.8, 4) is 0 Å². The second-order valence-corrected chi connectivity index (χ2v) is 5.77. The number of hydrogen-bond acceptors (Lipinski definition) is 2. The van der Waals surface area contributed by atoms with Crippen LogP contribution in [0.25, 0.3) is 0 Å². The van der Waals surface area contributed by atoms with E-state index in [1.165, 1.54) is 17.2 Å². The van der Waals surface area contributed by atoms with E-state index >= 15 is 0 Å². The third kappa shape index (κ3) is 2.51. The molecule has 1 heterocycles. The summed E-state index contributed by atoms with van der Waals surface area (Å²) in [5, 5.41) is 3.29. The minimum Gasteiger partial charge on any atom is -0.372 e. The van der Waals surface area contributed by atoms with Gasteiger partial charge in [0.1, 0.15) is 5.82 Å². The van der Waals surface area contributed by atoms with Crippen molar-refractivity contribution in [2.24, 2.45) is 0 Å². The van der Waals surface area contributed by atoms with Gasteiger partial charge in [0.25, 0.3) is 0 Å². The third-order valence-electron chi connectivity index (χ3n) is 3.64. The van der Waals surface area contributed by atoms with E-state index in [1.807, 2.05) is 19.2 Å². The van der Waals surface area contributed by atoms with Crippen molar-refractivity contribution in [3.05, 3.63) is 68.9 Å². The van der Waals surface area contributed by atoms with Gasteiger partial charge >= 0.3 is 0 Å². The summed E-state index contributed by atoms with van der Waals surface area (Å²) in [4.78, 5) is 0. The SMILES string of the molecule is CNC(c1ccc(F)c(Br)c1)c1ccc2c(c1)COC2. The van der Waals surface area contributed by atoms with E-state index in [0.29, 0.717) is 17.7 Å². The molecule has 2 nitrogen and oxygen atoms in total. The molecule has 1 unspecified atom stereocenters. The van der Waals surface area contributed by atoms with Crippen LogP contribution in [0.1, 0.15) is 28.3 Å². The van der Waals surface area contributed by atoms with Crippen LogP contribution in [0.15, 0.2) is 40.9 Å². The Bertz CT molecular complexity index is 644. The molecule has 1 atom stereocenters. The normalized spacial score (nSPS) is 15.2. The fourth-order valence-corrected chi connectivity index (χ4v) is 2.99. The molecule has 2 aromatic rings. The highest BCUT2D eigenvalue weighted by Crippen LogP contribution is 2.29. The average molecular weight is 336 g/mol. The topological polar surface area (TPSA) is 21.3 Å². The molecule has 1 aliphatic rings. The van der Waals surface area contributed by atoms with Gasteiger partial charge in [-0.1, -0.05) is 24.3 Å². The monoisotopic (exact) mass is 335 g/mol. The first-order chi connectivity index (χ1) is 9.69. The first kappa shape index (κ1) is 13.7. The average Bonchev–Trinajstić information content (AvgIpc) is 2.91. The lowest BCUT2D eigenvalue weighted by atomic mass is 9.96. The number of hydrogen-bond donors (Lipinski definition) is 1. The van der Waals surface area contributed by atoms with Gasteiger partial charge in [0.15, 0.2) is 0 Å². The van der Waals surface area contributed by atoms with Gasteiger partial charge in [-0.25, -0.2) is 4.39 Å². The van der Waals surface area contributed by atoms with Crippen LogP contribution in [0.5, 0.6) is 0 Å². The molecule has 1 aliphatic heterocycles. The first-order valence-corrected chi connectivity index (χ1v) is 7.30. The molecule has 104 valence electrons. The fourth-order valence-electron chi connectivity index (χ4n) is 2.59. The van der Waals surface area contributed by atoms with Gasteiger partial charge < -0.3 is 10.1 Å². The van der Waals surface area contributed by atoms with Crippen LogP contribution < -0.4 is 5.32 Å². The predicted octanol–water partition coefficient (Wildman–Crippen LogP) is 3.93. The molecule has 0 fully saturated rings. The zero-order valence-electron chi connectivity index (χ0n) is 11.1. The highest BCUT2D eigenvalue weighted by Gasteiger charge is 2.17. The van der Waals surface area contributed by atoms with E-state index in [1.54, 1.807) is 0 Å². The summed E-state index contributed by atoms with van der Waals surface area (Å²) in [5.74, 6) is -0.244. The van der Waals surface area contributed by atoms with E-state index in [0.717, 1.165) is 11.1 Å². The van der Waals surface area contributed by atoms with E-state index < -0.39 is 0 Å². The molecular weight excluding hydrogens is 321 g/mol. The maximum absolute atomic E-state index is 13.4. The van der Waals surface area contributed by atoms with Crippen molar-refractivity contribution >= 4 is 15.9 Å². The lowest BCUT2D eigenvalue weighted by Gasteiger charge is -2.18. The second-order valence-electron chi connectivity index (χ2n) is 4.92. The number of ether oxygens (including phenoxy) is 1. The van der Waals surface area contributed by atoms with Crippen molar-refractivity contribution in [1.29, 1.82) is 0 Å². The number of fused-ring (bicyclic) bond motifs is 1. The van der Waals surface area contributed by atoms with Gasteiger partial charge in [0.2, 0.25) is 0 Å². The molecular formula is C16H15BrFNO. The molecule has 0 saturated carbocycles. The lowest BCUT2D eigenvalue weighted by Crippen LogP contribution is -2.18. The lowest BCUT2D eigenvalue weighted by molar-refractivity contribution is 0.134. The Balaban J connectivity index is 1.98. The summed E-state index contributed by atoms with van der Waals surface area (Å²) < 4.78 is 19.3. The molecule has 1 N–H and O–H groups in total. The highest BCUT2D eigenvalue weighted by molar-refractivity contribution is 9.10. The molecule has 20 heavy (non-hydrogen) atoms.